The molecule has 0 radical (unpaired) electrons. The molecule has 0 amide bonds. The van der Waals surface area contributed by atoms with Crippen LogP contribution in [-0.4, -0.2) is 4.92 Å². The van der Waals surface area contributed by atoms with Gasteiger partial charge < -0.3 is 5.32 Å². The number of nitrogens with one attached hydrogen (secondary N) is 1. The average molecular weight is 306 g/mol. The van der Waals surface area contributed by atoms with Crippen molar-refractivity contribution in [3.8, 4) is 12.1 Å². The minimum atomic E-state index is -0.577. The molecule has 0 aromatic heterocycles. The Kier molecular flexibility index (Phi) is 5.27. The Morgan fingerprint density at radius 1 is 1.17 bits per heavy atom. The van der Waals surface area contributed by atoms with Crippen LogP contribution >= 0.6 is 0 Å². The number of nitro benzene ring substituents is 1. The van der Waals surface area contributed by atoms with Gasteiger partial charge in [0.15, 0.2) is 0 Å². The fourth-order valence-electron chi connectivity index (χ4n) is 2.29. The predicted molar refractivity (Wildman–Crippen MR) is 85.5 cm³/mol. The molecule has 6 heteroatoms. The number of anilines is 1. The Morgan fingerprint density at radius 2 is 1.91 bits per heavy atom. The van der Waals surface area contributed by atoms with Gasteiger partial charge in [-0.05, 0) is 24.1 Å². The van der Waals surface area contributed by atoms with Crippen LogP contribution in [0.1, 0.15) is 30.0 Å². The summed E-state index contributed by atoms with van der Waals surface area (Å²) in [7, 11) is 0. The SMILES string of the molecule is N#CCC[C@@H](Nc1ccc([N+](=O)[O-])c(C#N)c1)c1ccccc1. The van der Waals surface area contributed by atoms with Crippen molar-refractivity contribution in [3.63, 3.8) is 0 Å². The van der Waals surface area contributed by atoms with Crippen molar-refractivity contribution in [2.75, 3.05) is 5.32 Å². The van der Waals surface area contributed by atoms with E-state index in [1.54, 1.807) is 6.07 Å². The molecule has 1 atom stereocenters. The molecular formula is C17H14N4O2. The van der Waals surface area contributed by atoms with E-state index in [0.29, 0.717) is 18.5 Å². The van der Waals surface area contributed by atoms with Gasteiger partial charge in [0.1, 0.15) is 11.6 Å². The van der Waals surface area contributed by atoms with Gasteiger partial charge in [-0.3, -0.25) is 10.1 Å². The van der Waals surface area contributed by atoms with E-state index in [-0.39, 0.29) is 17.3 Å². The van der Waals surface area contributed by atoms with E-state index >= 15 is 0 Å². The van der Waals surface area contributed by atoms with Gasteiger partial charge in [0.25, 0.3) is 5.69 Å². The first-order valence-electron chi connectivity index (χ1n) is 7.02. The molecule has 2 rings (SSSR count). The van der Waals surface area contributed by atoms with Gasteiger partial charge in [0.05, 0.1) is 17.0 Å². The van der Waals surface area contributed by atoms with Crippen molar-refractivity contribution in [3.05, 3.63) is 69.8 Å². The summed E-state index contributed by atoms with van der Waals surface area (Å²) in [5.74, 6) is 0. The van der Waals surface area contributed by atoms with E-state index in [9.17, 15) is 10.1 Å². The molecular weight excluding hydrogens is 292 g/mol. The lowest BCUT2D eigenvalue weighted by Crippen LogP contribution is -2.11. The number of hydrogen-bond acceptors (Lipinski definition) is 5. The van der Waals surface area contributed by atoms with Crippen LogP contribution in [0.15, 0.2) is 48.5 Å². The second-order valence-corrected chi connectivity index (χ2v) is 4.91. The predicted octanol–water partition coefficient (Wildman–Crippen LogP) is 3.92. The van der Waals surface area contributed by atoms with E-state index < -0.39 is 4.92 Å². The van der Waals surface area contributed by atoms with E-state index in [1.165, 1.54) is 12.1 Å². The van der Waals surface area contributed by atoms with Gasteiger partial charge in [-0.25, -0.2) is 0 Å². The smallest absolute Gasteiger partial charge is 0.287 e. The molecule has 114 valence electrons. The largest absolute Gasteiger partial charge is 0.378 e. The Bertz CT molecular complexity index is 775. The highest BCUT2D eigenvalue weighted by atomic mass is 16.6. The van der Waals surface area contributed by atoms with Gasteiger partial charge in [0.2, 0.25) is 0 Å². The molecule has 0 aliphatic carbocycles. The maximum atomic E-state index is 10.9. The van der Waals surface area contributed by atoms with E-state index in [4.69, 9.17) is 10.5 Å². The van der Waals surface area contributed by atoms with E-state index in [2.05, 4.69) is 11.4 Å². The number of nitrogens with zero attached hydrogens (tertiary/aromatic N) is 3. The minimum absolute atomic E-state index is 0.00657. The van der Waals surface area contributed by atoms with Gasteiger partial charge in [-0.15, -0.1) is 0 Å². The molecule has 6 nitrogen and oxygen atoms in total. The Hall–Kier alpha value is -3.38. The summed E-state index contributed by atoms with van der Waals surface area (Å²) >= 11 is 0. The Balaban J connectivity index is 2.28. The highest BCUT2D eigenvalue weighted by molar-refractivity contribution is 5.59. The zero-order chi connectivity index (χ0) is 16.7. The first-order valence-corrected chi connectivity index (χ1v) is 7.02. The summed E-state index contributed by atoms with van der Waals surface area (Å²) in [5.41, 5.74) is 1.41. The van der Waals surface area contributed by atoms with Crippen LogP contribution in [-0.2, 0) is 0 Å². The lowest BCUT2D eigenvalue weighted by atomic mass is 10.0. The Morgan fingerprint density at radius 3 is 2.52 bits per heavy atom. The summed E-state index contributed by atoms with van der Waals surface area (Å²) in [6.45, 7) is 0. The summed E-state index contributed by atoms with van der Waals surface area (Å²) < 4.78 is 0. The van der Waals surface area contributed by atoms with Crippen molar-refractivity contribution in [2.24, 2.45) is 0 Å². The van der Waals surface area contributed by atoms with Gasteiger partial charge in [0, 0.05) is 18.2 Å². The summed E-state index contributed by atoms with van der Waals surface area (Å²) in [6.07, 6.45) is 0.976. The van der Waals surface area contributed by atoms with Crippen molar-refractivity contribution in [1.29, 1.82) is 10.5 Å². The van der Waals surface area contributed by atoms with Crippen LogP contribution in [0, 0.1) is 32.8 Å². The van der Waals surface area contributed by atoms with Gasteiger partial charge in [-0.1, -0.05) is 30.3 Å². The number of hydrogen-bond donors (Lipinski definition) is 1. The summed E-state index contributed by atoms with van der Waals surface area (Å²) in [4.78, 5) is 10.3. The lowest BCUT2D eigenvalue weighted by molar-refractivity contribution is -0.385. The van der Waals surface area contributed by atoms with Crippen molar-refractivity contribution in [1.82, 2.24) is 0 Å². The van der Waals surface area contributed by atoms with Crippen LogP contribution in [0.25, 0.3) is 0 Å². The number of nitriles is 2. The molecule has 0 saturated heterocycles. The highest BCUT2D eigenvalue weighted by Gasteiger charge is 2.16. The highest BCUT2D eigenvalue weighted by Crippen LogP contribution is 2.27. The summed E-state index contributed by atoms with van der Waals surface area (Å²) in [5, 5.41) is 32.0. The topological polar surface area (TPSA) is 103 Å². The fraction of sp³-hybridized carbons (Fsp3) is 0.176. The minimum Gasteiger partial charge on any atom is -0.378 e. The molecule has 0 heterocycles. The normalized spacial score (nSPS) is 11.0. The lowest BCUT2D eigenvalue weighted by Gasteiger charge is -2.19. The third-order valence-corrected chi connectivity index (χ3v) is 3.40. The van der Waals surface area contributed by atoms with Gasteiger partial charge >= 0.3 is 0 Å². The number of nitro groups is 1. The molecule has 0 fully saturated rings. The van der Waals surface area contributed by atoms with Gasteiger partial charge in [-0.2, -0.15) is 10.5 Å². The first kappa shape index (κ1) is 16.0. The fourth-order valence-corrected chi connectivity index (χ4v) is 2.29. The quantitative estimate of drug-likeness (QED) is 0.643. The van der Waals surface area contributed by atoms with Crippen molar-refractivity contribution >= 4 is 11.4 Å². The molecule has 1 N–H and O–H groups in total. The van der Waals surface area contributed by atoms with E-state index in [0.717, 1.165) is 5.56 Å². The second-order valence-electron chi connectivity index (χ2n) is 4.91. The standard InChI is InChI=1S/C17H14N4O2/c18-10-4-7-16(13-5-2-1-3-6-13)20-15-8-9-17(21(22)23)14(11-15)12-19/h1-3,5-6,8-9,11,16,20H,4,7H2/t16-/m1/s1. The molecule has 0 saturated carbocycles. The second kappa shape index (κ2) is 7.58. The molecule has 0 bridgehead atoms. The Labute approximate surface area is 133 Å². The molecule has 0 unspecified atom stereocenters. The van der Waals surface area contributed by atoms with Crippen LogP contribution in [0.2, 0.25) is 0 Å². The van der Waals surface area contributed by atoms with Crippen LogP contribution in [0.3, 0.4) is 0 Å². The summed E-state index contributed by atoms with van der Waals surface area (Å²) in [6, 6.07) is 17.8. The molecule has 0 aliphatic rings. The van der Waals surface area contributed by atoms with Crippen molar-refractivity contribution < 1.29 is 4.92 Å². The van der Waals surface area contributed by atoms with E-state index in [1.807, 2.05) is 36.4 Å². The monoisotopic (exact) mass is 306 g/mol. The zero-order valence-corrected chi connectivity index (χ0v) is 12.3. The van der Waals surface area contributed by atoms with Crippen LogP contribution < -0.4 is 5.32 Å². The molecule has 23 heavy (non-hydrogen) atoms. The number of rotatable bonds is 6. The molecule has 2 aromatic carbocycles. The average Bonchev–Trinajstić information content (AvgIpc) is 2.58. The molecule has 0 aliphatic heterocycles. The third-order valence-electron chi connectivity index (χ3n) is 3.40. The molecule has 2 aromatic rings. The number of benzene rings is 2. The third kappa shape index (κ3) is 4.05. The zero-order valence-electron chi connectivity index (χ0n) is 12.3. The maximum absolute atomic E-state index is 10.9. The van der Waals surface area contributed by atoms with Crippen LogP contribution in [0.4, 0.5) is 11.4 Å². The van der Waals surface area contributed by atoms with Crippen molar-refractivity contribution in [2.45, 2.75) is 18.9 Å². The molecule has 0 spiro atoms. The maximum Gasteiger partial charge on any atom is 0.287 e. The first-order chi connectivity index (χ1) is 11.2. The van der Waals surface area contributed by atoms with Crippen LogP contribution in [0.5, 0.6) is 0 Å².